The lowest BCUT2D eigenvalue weighted by Gasteiger charge is -2.24. The van der Waals surface area contributed by atoms with Crippen molar-refractivity contribution in [1.29, 1.82) is 0 Å². The monoisotopic (exact) mass is 255 g/mol. The van der Waals surface area contributed by atoms with Gasteiger partial charge in [-0.3, -0.25) is 0 Å². The molecule has 0 saturated heterocycles. The molecule has 0 spiro atoms. The Bertz CT molecular complexity index is 420. The van der Waals surface area contributed by atoms with Gasteiger partial charge in [-0.25, -0.2) is 0 Å². The minimum absolute atomic E-state index is 0.383. The van der Waals surface area contributed by atoms with E-state index in [9.17, 15) is 0 Å². The molecule has 0 amide bonds. The second kappa shape index (κ2) is 5.15. The third kappa shape index (κ3) is 2.35. The molecule has 1 aromatic rings. The summed E-state index contributed by atoms with van der Waals surface area (Å²) >= 11 is 6.32. The highest BCUT2D eigenvalue weighted by Crippen LogP contribution is 2.43. The maximum absolute atomic E-state index is 6.32. The molecular formula is C13H18ClNO2. The van der Waals surface area contributed by atoms with E-state index >= 15 is 0 Å². The van der Waals surface area contributed by atoms with E-state index in [-0.39, 0.29) is 0 Å². The number of benzene rings is 1. The number of ether oxygens (including phenoxy) is 2. The molecule has 0 radical (unpaired) electrons. The summed E-state index contributed by atoms with van der Waals surface area (Å²) in [6.45, 7) is 5.98. The highest BCUT2D eigenvalue weighted by Gasteiger charge is 2.21. The first kappa shape index (κ1) is 12.5. The molecule has 4 heteroatoms. The lowest BCUT2D eigenvalue weighted by atomic mass is 9.93. The summed E-state index contributed by atoms with van der Waals surface area (Å²) in [5.41, 5.74) is 7.87. The molecule has 1 unspecified atom stereocenters. The van der Waals surface area contributed by atoms with E-state index in [0.29, 0.717) is 36.4 Å². The van der Waals surface area contributed by atoms with Crippen molar-refractivity contribution in [2.24, 2.45) is 5.73 Å². The van der Waals surface area contributed by atoms with Gasteiger partial charge in [-0.1, -0.05) is 18.5 Å². The fraction of sp³-hybridized carbons (Fsp3) is 0.538. The second-order valence-corrected chi connectivity index (χ2v) is 4.79. The van der Waals surface area contributed by atoms with E-state index in [1.54, 1.807) is 0 Å². The van der Waals surface area contributed by atoms with Crippen LogP contribution in [0.3, 0.4) is 0 Å². The molecule has 1 atom stereocenters. The lowest BCUT2D eigenvalue weighted by molar-refractivity contribution is 0.171. The first-order chi connectivity index (χ1) is 8.15. The number of hydrogen-bond acceptors (Lipinski definition) is 3. The third-order valence-corrected chi connectivity index (χ3v) is 3.65. The van der Waals surface area contributed by atoms with Crippen LogP contribution in [-0.4, -0.2) is 19.8 Å². The SMILES string of the molecule is Cc1c(C(C)CCN)cc2c(c1Cl)OCCO2. The molecule has 94 valence electrons. The first-order valence-corrected chi connectivity index (χ1v) is 6.31. The quantitative estimate of drug-likeness (QED) is 0.903. The van der Waals surface area contributed by atoms with Gasteiger partial charge in [0.1, 0.15) is 13.2 Å². The molecule has 0 saturated carbocycles. The van der Waals surface area contributed by atoms with Crippen molar-refractivity contribution in [2.45, 2.75) is 26.2 Å². The molecule has 1 aliphatic heterocycles. The minimum Gasteiger partial charge on any atom is -0.486 e. The highest BCUT2D eigenvalue weighted by atomic mass is 35.5. The zero-order valence-electron chi connectivity index (χ0n) is 10.3. The molecule has 1 aromatic carbocycles. The van der Waals surface area contributed by atoms with Crippen LogP contribution < -0.4 is 15.2 Å². The molecule has 2 rings (SSSR count). The Morgan fingerprint density at radius 3 is 2.82 bits per heavy atom. The van der Waals surface area contributed by atoms with Crippen LogP contribution >= 0.6 is 11.6 Å². The first-order valence-electron chi connectivity index (χ1n) is 5.93. The van der Waals surface area contributed by atoms with Gasteiger partial charge in [-0.2, -0.15) is 0 Å². The van der Waals surface area contributed by atoms with E-state index in [1.165, 1.54) is 5.56 Å². The zero-order chi connectivity index (χ0) is 12.4. The number of fused-ring (bicyclic) bond motifs is 1. The predicted octanol–water partition coefficient (Wildman–Crippen LogP) is 2.87. The fourth-order valence-corrected chi connectivity index (χ4v) is 2.43. The van der Waals surface area contributed by atoms with E-state index in [4.69, 9.17) is 26.8 Å². The van der Waals surface area contributed by atoms with Gasteiger partial charge in [-0.05, 0) is 43.0 Å². The molecule has 3 nitrogen and oxygen atoms in total. The Labute approximate surface area is 107 Å². The summed E-state index contributed by atoms with van der Waals surface area (Å²) in [6, 6.07) is 2.04. The summed E-state index contributed by atoms with van der Waals surface area (Å²) in [5, 5.41) is 0.668. The number of hydrogen-bond donors (Lipinski definition) is 1. The van der Waals surface area contributed by atoms with Crippen LogP contribution in [0.1, 0.15) is 30.4 Å². The fourth-order valence-electron chi connectivity index (χ4n) is 2.17. The van der Waals surface area contributed by atoms with Gasteiger partial charge in [0.25, 0.3) is 0 Å². The molecule has 0 fully saturated rings. The summed E-state index contributed by atoms with van der Waals surface area (Å²) in [5.74, 6) is 1.82. The Hall–Kier alpha value is -0.930. The van der Waals surface area contributed by atoms with Crippen molar-refractivity contribution < 1.29 is 9.47 Å². The van der Waals surface area contributed by atoms with E-state index in [1.807, 2.05) is 13.0 Å². The Kier molecular flexibility index (Phi) is 3.79. The molecule has 1 aliphatic rings. The van der Waals surface area contributed by atoms with Gasteiger partial charge in [-0.15, -0.1) is 0 Å². The largest absolute Gasteiger partial charge is 0.486 e. The molecule has 17 heavy (non-hydrogen) atoms. The summed E-state index contributed by atoms with van der Waals surface area (Å²) in [4.78, 5) is 0. The molecule has 0 aliphatic carbocycles. The van der Waals surface area contributed by atoms with E-state index < -0.39 is 0 Å². The van der Waals surface area contributed by atoms with Crippen molar-refractivity contribution in [3.05, 3.63) is 22.2 Å². The highest BCUT2D eigenvalue weighted by molar-refractivity contribution is 6.33. The summed E-state index contributed by atoms with van der Waals surface area (Å²) in [7, 11) is 0. The summed E-state index contributed by atoms with van der Waals surface area (Å²) in [6.07, 6.45) is 0.941. The Balaban J connectivity index is 2.43. The average molecular weight is 256 g/mol. The topological polar surface area (TPSA) is 44.5 Å². The van der Waals surface area contributed by atoms with Gasteiger partial charge >= 0.3 is 0 Å². The third-order valence-electron chi connectivity index (χ3n) is 3.19. The molecular weight excluding hydrogens is 238 g/mol. The number of halogens is 1. The van der Waals surface area contributed by atoms with Crippen LogP contribution in [0, 0.1) is 6.92 Å². The standard InChI is InChI=1S/C13H18ClNO2/c1-8(3-4-15)10-7-11-13(12(14)9(10)2)17-6-5-16-11/h7-8H,3-6,15H2,1-2H3. The minimum atomic E-state index is 0.383. The van der Waals surface area contributed by atoms with Crippen LogP contribution in [0.4, 0.5) is 0 Å². The van der Waals surface area contributed by atoms with Crippen LogP contribution in [-0.2, 0) is 0 Å². The van der Waals surface area contributed by atoms with Gasteiger partial charge in [0, 0.05) is 0 Å². The van der Waals surface area contributed by atoms with Crippen LogP contribution in [0.15, 0.2) is 6.07 Å². The van der Waals surface area contributed by atoms with E-state index in [2.05, 4.69) is 6.92 Å². The van der Waals surface area contributed by atoms with Crippen molar-refractivity contribution in [3.8, 4) is 11.5 Å². The van der Waals surface area contributed by atoms with E-state index in [0.717, 1.165) is 17.7 Å². The Morgan fingerprint density at radius 1 is 1.41 bits per heavy atom. The normalized spacial score (nSPS) is 15.8. The van der Waals surface area contributed by atoms with Crippen molar-refractivity contribution in [2.75, 3.05) is 19.8 Å². The smallest absolute Gasteiger partial charge is 0.180 e. The van der Waals surface area contributed by atoms with Gasteiger partial charge in [0.2, 0.25) is 0 Å². The predicted molar refractivity (Wildman–Crippen MR) is 69.3 cm³/mol. The molecule has 2 N–H and O–H groups in total. The number of nitrogens with two attached hydrogens (primary N) is 1. The molecule has 1 heterocycles. The van der Waals surface area contributed by atoms with Crippen molar-refractivity contribution in [1.82, 2.24) is 0 Å². The maximum atomic E-state index is 6.32. The maximum Gasteiger partial charge on any atom is 0.180 e. The molecule has 0 aromatic heterocycles. The van der Waals surface area contributed by atoms with Gasteiger partial charge in [0.15, 0.2) is 11.5 Å². The number of rotatable bonds is 3. The van der Waals surface area contributed by atoms with Crippen molar-refractivity contribution >= 4 is 11.6 Å². The second-order valence-electron chi connectivity index (χ2n) is 4.41. The van der Waals surface area contributed by atoms with Gasteiger partial charge < -0.3 is 15.2 Å². The molecule has 0 bridgehead atoms. The van der Waals surface area contributed by atoms with Gasteiger partial charge in [0.05, 0.1) is 5.02 Å². The zero-order valence-corrected chi connectivity index (χ0v) is 11.0. The summed E-state index contributed by atoms with van der Waals surface area (Å²) < 4.78 is 11.1. The van der Waals surface area contributed by atoms with Crippen LogP contribution in [0.5, 0.6) is 11.5 Å². The van der Waals surface area contributed by atoms with Crippen LogP contribution in [0.25, 0.3) is 0 Å². The average Bonchev–Trinajstić information content (AvgIpc) is 2.34. The van der Waals surface area contributed by atoms with Crippen LogP contribution in [0.2, 0.25) is 5.02 Å². The van der Waals surface area contributed by atoms with Crippen molar-refractivity contribution in [3.63, 3.8) is 0 Å². The Morgan fingerprint density at radius 2 is 2.12 bits per heavy atom. The lowest BCUT2D eigenvalue weighted by Crippen LogP contribution is -2.17.